The van der Waals surface area contributed by atoms with E-state index in [1.165, 1.54) is 29.4 Å². The normalized spacial score (nSPS) is 13.5. The first kappa shape index (κ1) is 12.2. The highest BCUT2D eigenvalue weighted by Crippen LogP contribution is 2.34. The summed E-state index contributed by atoms with van der Waals surface area (Å²) in [5.41, 5.74) is 3.80. The van der Waals surface area contributed by atoms with Gasteiger partial charge in [-0.25, -0.2) is 4.98 Å². The van der Waals surface area contributed by atoms with Crippen LogP contribution in [0.25, 0.3) is 11.0 Å². The number of rotatable bonds is 4. The molecule has 2 heteroatoms. The number of hydrogen-bond donors (Lipinski definition) is 1. The number of fused-ring (bicyclic) bond motifs is 1. The van der Waals surface area contributed by atoms with Crippen LogP contribution in [0.15, 0.2) is 18.5 Å². The lowest BCUT2D eigenvalue weighted by molar-refractivity contribution is 0.466. The molecule has 0 bridgehead atoms. The minimum atomic E-state index is 0.636. The van der Waals surface area contributed by atoms with Crippen LogP contribution in [0.3, 0.4) is 0 Å². The van der Waals surface area contributed by atoms with Crippen LogP contribution in [0.5, 0.6) is 0 Å². The van der Waals surface area contributed by atoms with E-state index in [0.29, 0.717) is 11.8 Å². The van der Waals surface area contributed by atoms with E-state index in [1.807, 2.05) is 6.20 Å². The van der Waals surface area contributed by atoms with Gasteiger partial charge in [-0.15, -0.1) is 0 Å². The zero-order valence-electron chi connectivity index (χ0n) is 11.2. The predicted molar refractivity (Wildman–Crippen MR) is 73.3 cm³/mol. The molecule has 0 radical (unpaired) electrons. The Bertz CT molecular complexity index is 497. The molecular weight excluding hydrogens is 208 g/mol. The number of aromatic amines is 1. The summed E-state index contributed by atoms with van der Waals surface area (Å²) in [6, 6.07) is 2.10. The van der Waals surface area contributed by atoms with Gasteiger partial charge in [-0.3, -0.25) is 0 Å². The molecule has 0 aliphatic heterocycles. The van der Waals surface area contributed by atoms with Crippen LogP contribution < -0.4 is 0 Å². The summed E-state index contributed by atoms with van der Waals surface area (Å²) in [4.78, 5) is 7.72. The molecule has 92 valence electrons. The lowest BCUT2D eigenvalue weighted by Gasteiger charge is -2.20. The number of nitrogens with one attached hydrogen (secondary N) is 1. The molecule has 2 aromatic heterocycles. The van der Waals surface area contributed by atoms with Crippen molar-refractivity contribution >= 4 is 11.0 Å². The van der Waals surface area contributed by atoms with E-state index in [9.17, 15) is 0 Å². The summed E-state index contributed by atoms with van der Waals surface area (Å²) in [5.74, 6) is 1.31. The number of H-pyrrole nitrogens is 1. The van der Waals surface area contributed by atoms with Crippen molar-refractivity contribution in [3.05, 3.63) is 29.6 Å². The summed E-state index contributed by atoms with van der Waals surface area (Å²) in [7, 11) is 0. The number of hydrogen-bond acceptors (Lipinski definition) is 1. The minimum Gasteiger partial charge on any atom is -0.346 e. The number of pyridine rings is 1. The summed E-state index contributed by atoms with van der Waals surface area (Å²) in [5, 5.41) is 1.33. The van der Waals surface area contributed by atoms with Gasteiger partial charge in [0.15, 0.2) is 0 Å². The molecule has 0 amide bonds. The van der Waals surface area contributed by atoms with E-state index in [4.69, 9.17) is 0 Å². The highest BCUT2D eigenvalue weighted by atomic mass is 14.8. The van der Waals surface area contributed by atoms with Crippen LogP contribution in [0.4, 0.5) is 0 Å². The van der Waals surface area contributed by atoms with E-state index in [-0.39, 0.29) is 0 Å². The van der Waals surface area contributed by atoms with Crippen molar-refractivity contribution in [1.29, 1.82) is 0 Å². The molecule has 2 rings (SSSR count). The van der Waals surface area contributed by atoms with Gasteiger partial charge < -0.3 is 4.98 Å². The standard InChI is InChI=1S/C15H22N2/c1-5-6-12(10(2)3)13-9-17-15-14(13)11(4)7-8-16-15/h7-10,12H,5-6H2,1-4H3,(H,16,17). The zero-order valence-corrected chi connectivity index (χ0v) is 11.2. The lowest BCUT2D eigenvalue weighted by atomic mass is 9.84. The van der Waals surface area contributed by atoms with Gasteiger partial charge in [-0.1, -0.05) is 27.2 Å². The van der Waals surface area contributed by atoms with Crippen molar-refractivity contribution in [2.24, 2.45) is 5.92 Å². The van der Waals surface area contributed by atoms with Crippen LogP contribution >= 0.6 is 0 Å². The van der Waals surface area contributed by atoms with Crippen molar-refractivity contribution in [3.8, 4) is 0 Å². The molecule has 0 aliphatic carbocycles. The van der Waals surface area contributed by atoms with Crippen LogP contribution in [0.1, 0.15) is 50.7 Å². The highest BCUT2D eigenvalue weighted by molar-refractivity contribution is 5.83. The second kappa shape index (κ2) is 4.91. The van der Waals surface area contributed by atoms with Gasteiger partial charge in [0.05, 0.1) is 0 Å². The first-order valence-corrected chi connectivity index (χ1v) is 6.57. The monoisotopic (exact) mass is 230 g/mol. The fourth-order valence-corrected chi connectivity index (χ4v) is 2.70. The van der Waals surface area contributed by atoms with Gasteiger partial charge in [0.1, 0.15) is 5.65 Å². The fourth-order valence-electron chi connectivity index (χ4n) is 2.70. The summed E-state index contributed by atoms with van der Waals surface area (Å²) < 4.78 is 0. The average Bonchev–Trinajstić information content (AvgIpc) is 2.70. The Morgan fingerprint density at radius 1 is 1.35 bits per heavy atom. The third kappa shape index (κ3) is 2.21. The smallest absolute Gasteiger partial charge is 0.137 e. The van der Waals surface area contributed by atoms with E-state index in [2.05, 4.69) is 49.9 Å². The van der Waals surface area contributed by atoms with Crippen LogP contribution in [-0.4, -0.2) is 9.97 Å². The van der Waals surface area contributed by atoms with Gasteiger partial charge in [0, 0.05) is 17.8 Å². The van der Waals surface area contributed by atoms with Gasteiger partial charge in [-0.2, -0.15) is 0 Å². The molecule has 1 atom stereocenters. The quantitative estimate of drug-likeness (QED) is 0.828. The Hall–Kier alpha value is -1.31. The predicted octanol–water partition coefficient (Wildman–Crippen LogP) is 4.41. The molecule has 1 unspecified atom stereocenters. The first-order chi connectivity index (χ1) is 8.15. The Morgan fingerprint density at radius 2 is 2.12 bits per heavy atom. The molecule has 2 heterocycles. The topological polar surface area (TPSA) is 28.7 Å². The van der Waals surface area contributed by atoms with Crippen LogP contribution in [-0.2, 0) is 0 Å². The Labute approximate surface area is 103 Å². The average molecular weight is 230 g/mol. The van der Waals surface area contributed by atoms with Gasteiger partial charge in [0.25, 0.3) is 0 Å². The molecule has 17 heavy (non-hydrogen) atoms. The van der Waals surface area contributed by atoms with Crippen LogP contribution in [0.2, 0.25) is 0 Å². The van der Waals surface area contributed by atoms with E-state index < -0.39 is 0 Å². The molecule has 0 aromatic carbocycles. The Morgan fingerprint density at radius 3 is 2.76 bits per heavy atom. The zero-order chi connectivity index (χ0) is 12.4. The molecule has 0 saturated carbocycles. The fraction of sp³-hybridized carbons (Fsp3) is 0.533. The highest BCUT2D eigenvalue weighted by Gasteiger charge is 2.19. The van der Waals surface area contributed by atoms with E-state index >= 15 is 0 Å². The molecule has 1 N–H and O–H groups in total. The third-order valence-electron chi connectivity index (χ3n) is 3.62. The maximum absolute atomic E-state index is 4.41. The molecular formula is C15H22N2. The molecule has 0 fully saturated rings. The molecule has 2 nitrogen and oxygen atoms in total. The summed E-state index contributed by atoms with van der Waals surface area (Å²) >= 11 is 0. The van der Waals surface area contributed by atoms with Crippen molar-refractivity contribution in [3.63, 3.8) is 0 Å². The number of aromatic nitrogens is 2. The van der Waals surface area contributed by atoms with Crippen molar-refractivity contribution < 1.29 is 0 Å². The first-order valence-electron chi connectivity index (χ1n) is 6.57. The largest absolute Gasteiger partial charge is 0.346 e. The molecule has 2 aromatic rings. The van der Waals surface area contributed by atoms with Gasteiger partial charge in [-0.05, 0) is 42.4 Å². The third-order valence-corrected chi connectivity index (χ3v) is 3.62. The Kier molecular flexibility index (Phi) is 3.51. The summed E-state index contributed by atoms with van der Waals surface area (Å²) in [6.45, 7) is 9.05. The maximum atomic E-state index is 4.41. The van der Waals surface area contributed by atoms with Crippen LogP contribution in [0, 0.1) is 12.8 Å². The SMILES string of the molecule is CCCC(c1c[nH]c2nccc(C)c12)C(C)C. The maximum Gasteiger partial charge on any atom is 0.137 e. The minimum absolute atomic E-state index is 0.636. The number of nitrogens with zero attached hydrogens (tertiary/aromatic N) is 1. The second-order valence-electron chi connectivity index (χ2n) is 5.23. The molecule has 0 aliphatic rings. The summed E-state index contributed by atoms with van der Waals surface area (Å²) in [6.07, 6.45) is 6.51. The van der Waals surface area contributed by atoms with Crippen molar-refractivity contribution in [1.82, 2.24) is 9.97 Å². The molecule has 0 spiro atoms. The van der Waals surface area contributed by atoms with E-state index in [1.54, 1.807) is 0 Å². The van der Waals surface area contributed by atoms with E-state index in [0.717, 1.165) is 5.65 Å². The van der Waals surface area contributed by atoms with Crippen molar-refractivity contribution in [2.45, 2.75) is 46.5 Å². The molecule has 0 saturated heterocycles. The van der Waals surface area contributed by atoms with Crippen molar-refractivity contribution in [2.75, 3.05) is 0 Å². The lowest BCUT2D eigenvalue weighted by Crippen LogP contribution is -2.06. The number of aryl methyl sites for hydroxylation is 1. The van der Waals surface area contributed by atoms with Gasteiger partial charge in [0.2, 0.25) is 0 Å². The Balaban J connectivity index is 2.53. The van der Waals surface area contributed by atoms with Gasteiger partial charge >= 0.3 is 0 Å². The second-order valence-corrected chi connectivity index (χ2v) is 5.23.